The highest BCUT2D eigenvalue weighted by molar-refractivity contribution is 6.15. The van der Waals surface area contributed by atoms with E-state index >= 15 is 0 Å². The average molecular weight is 327 g/mol. The molecule has 8 heteroatoms. The third kappa shape index (κ3) is 5.19. The van der Waals surface area contributed by atoms with Gasteiger partial charge in [0.15, 0.2) is 5.57 Å². The van der Waals surface area contributed by atoms with E-state index in [0.29, 0.717) is 6.54 Å². The minimum atomic E-state index is -1.21. The maximum Gasteiger partial charge on any atom is 0.350 e. The van der Waals surface area contributed by atoms with Crippen LogP contribution in [0.5, 0.6) is 0 Å². The van der Waals surface area contributed by atoms with Crippen LogP contribution < -0.4 is 5.32 Å². The molecule has 2 aliphatic rings. The van der Waals surface area contributed by atoms with Crippen molar-refractivity contribution in [2.75, 3.05) is 52.4 Å². The number of rotatable bonds is 6. The first-order valence-corrected chi connectivity index (χ1v) is 7.87. The van der Waals surface area contributed by atoms with Crippen LogP contribution in [0.4, 0.5) is 0 Å². The van der Waals surface area contributed by atoms with Gasteiger partial charge in [-0.1, -0.05) is 0 Å². The van der Waals surface area contributed by atoms with Crippen molar-refractivity contribution in [1.29, 1.82) is 0 Å². The summed E-state index contributed by atoms with van der Waals surface area (Å²) < 4.78 is 10.0. The Morgan fingerprint density at radius 3 is 2.13 bits per heavy atom. The summed E-state index contributed by atoms with van der Waals surface area (Å²) in [6.45, 7) is 9.14. The maximum absolute atomic E-state index is 11.7. The number of carbonyl (C=O) groups excluding carboxylic acids is 2. The average Bonchev–Trinajstić information content (AvgIpc) is 2.46. The van der Waals surface area contributed by atoms with E-state index in [1.54, 1.807) is 0 Å². The summed E-state index contributed by atoms with van der Waals surface area (Å²) in [6.07, 6.45) is 1.36. The number of nitrogens with zero attached hydrogens (tertiary/aromatic N) is 2. The summed E-state index contributed by atoms with van der Waals surface area (Å²) in [5.41, 5.74) is -0.114. The van der Waals surface area contributed by atoms with E-state index in [1.807, 2.05) is 0 Å². The van der Waals surface area contributed by atoms with E-state index in [-0.39, 0.29) is 12.2 Å². The third-order valence-electron chi connectivity index (χ3n) is 3.82. The van der Waals surface area contributed by atoms with Crippen molar-refractivity contribution in [1.82, 2.24) is 15.1 Å². The number of carbonyl (C=O) groups is 2. The fraction of sp³-hybridized carbons (Fsp3) is 0.733. The van der Waals surface area contributed by atoms with Crippen molar-refractivity contribution < 1.29 is 24.2 Å². The van der Waals surface area contributed by atoms with Crippen LogP contribution in [0.1, 0.15) is 13.8 Å². The van der Waals surface area contributed by atoms with Crippen molar-refractivity contribution in [3.8, 4) is 0 Å². The summed E-state index contributed by atoms with van der Waals surface area (Å²) in [4.78, 5) is 28.0. The predicted octanol–water partition coefficient (Wildman–Crippen LogP) is -1.09. The van der Waals surface area contributed by atoms with E-state index < -0.39 is 17.7 Å². The van der Waals surface area contributed by atoms with Crippen molar-refractivity contribution in [2.24, 2.45) is 0 Å². The second-order valence-corrected chi connectivity index (χ2v) is 6.10. The van der Waals surface area contributed by atoms with Crippen molar-refractivity contribution in [3.63, 3.8) is 0 Å². The monoisotopic (exact) mass is 327 g/mol. The fourth-order valence-corrected chi connectivity index (χ4v) is 2.55. The highest BCUT2D eigenvalue weighted by Crippen LogP contribution is 2.21. The van der Waals surface area contributed by atoms with Crippen LogP contribution in [0.15, 0.2) is 11.8 Å². The molecule has 0 atom stereocenters. The number of hydrogen-bond donors (Lipinski definition) is 2. The second-order valence-electron chi connectivity index (χ2n) is 6.10. The van der Waals surface area contributed by atoms with Gasteiger partial charge in [0.25, 0.3) is 5.79 Å². The van der Waals surface area contributed by atoms with Gasteiger partial charge in [0.2, 0.25) is 0 Å². The van der Waals surface area contributed by atoms with Gasteiger partial charge in [-0.25, -0.2) is 9.59 Å². The Balaban J connectivity index is 1.71. The number of piperazine rings is 1. The summed E-state index contributed by atoms with van der Waals surface area (Å²) >= 11 is 0. The zero-order valence-electron chi connectivity index (χ0n) is 13.7. The standard InChI is InChI=1S/C15H25N3O5/c1-15(2)22-13(20)12(14(21)23-15)11-16-3-4-17-5-7-18(8-6-17)9-10-19/h11,16,19H,3-10H2,1-2H3. The number of β-amino-alcohol motifs (C(OH)–C–C–N with tert-alkyl or cyclic N) is 1. The van der Waals surface area contributed by atoms with Crippen molar-refractivity contribution >= 4 is 11.9 Å². The molecule has 0 aromatic rings. The molecular weight excluding hydrogens is 302 g/mol. The second kappa shape index (κ2) is 7.76. The smallest absolute Gasteiger partial charge is 0.350 e. The molecule has 0 aromatic carbocycles. The van der Waals surface area contributed by atoms with Gasteiger partial charge in [-0.15, -0.1) is 0 Å². The van der Waals surface area contributed by atoms with Gasteiger partial charge in [-0.05, 0) is 0 Å². The molecule has 0 aromatic heterocycles. The Morgan fingerprint density at radius 1 is 1.09 bits per heavy atom. The normalized spacial score (nSPS) is 22.5. The minimum Gasteiger partial charge on any atom is -0.419 e. The van der Waals surface area contributed by atoms with Crippen LogP contribution in [0.2, 0.25) is 0 Å². The molecule has 2 rings (SSSR count). The summed E-state index contributed by atoms with van der Waals surface area (Å²) in [6, 6.07) is 0. The lowest BCUT2D eigenvalue weighted by Gasteiger charge is -2.34. The van der Waals surface area contributed by atoms with Gasteiger partial charge in [-0.3, -0.25) is 9.80 Å². The molecule has 2 aliphatic heterocycles. The number of aliphatic hydroxyl groups excluding tert-OH is 1. The van der Waals surface area contributed by atoms with Gasteiger partial charge in [0, 0.05) is 65.9 Å². The molecule has 2 heterocycles. The van der Waals surface area contributed by atoms with Gasteiger partial charge < -0.3 is 19.9 Å². The molecular formula is C15H25N3O5. The Kier molecular flexibility index (Phi) is 5.97. The Labute approximate surface area is 136 Å². The fourth-order valence-electron chi connectivity index (χ4n) is 2.55. The molecule has 23 heavy (non-hydrogen) atoms. The molecule has 0 amide bonds. The minimum absolute atomic E-state index is 0.114. The molecule has 0 spiro atoms. The molecule has 0 unspecified atom stereocenters. The van der Waals surface area contributed by atoms with Crippen LogP contribution in [-0.2, 0) is 19.1 Å². The Hall–Kier alpha value is -1.64. The molecule has 2 saturated heterocycles. The quantitative estimate of drug-likeness (QED) is 0.275. The summed E-state index contributed by atoms with van der Waals surface area (Å²) in [5, 5.41) is 11.9. The Bertz CT molecular complexity index is 448. The van der Waals surface area contributed by atoms with E-state index in [4.69, 9.17) is 14.6 Å². The largest absolute Gasteiger partial charge is 0.419 e. The first-order chi connectivity index (χ1) is 10.9. The zero-order chi connectivity index (χ0) is 16.9. The van der Waals surface area contributed by atoms with E-state index in [1.165, 1.54) is 20.0 Å². The highest BCUT2D eigenvalue weighted by Gasteiger charge is 2.38. The van der Waals surface area contributed by atoms with Crippen LogP contribution in [0.3, 0.4) is 0 Å². The molecule has 0 bridgehead atoms. The van der Waals surface area contributed by atoms with E-state index in [2.05, 4.69) is 15.1 Å². The van der Waals surface area contributed by atoms with E-state index in [9.17, 15) is 9.59 Å². The van der Waals surface area contributed by atoms with Crippen LogP contribution >= 0.6 is 0 Å². The first-order valence-electron chi connectivity index (χ1n) is 7.87. The number of ether oxygens (including phenoxy) is 2. The topological polar surface area (TPSA) is 91.3 Å². The number of aliphatic hydroxyl groups is 1. The van der Waals surface area contributed by atoms with Gasteiger partial charge in [0.05, 0.1) is 6.61 Å². The lowest BCUT2D eigenvalue weighted by Crippen LogP contribution is -2.48. The Morgan fingerprint density at radius 2 is 1.61 bits per heavy atom. The first kappa shape index (κ1) is 17.7. The molecule has 8 nitrogen and oxygen atoms in total. The summed E-state index contributed by atoms with van der Waals surface area (Å²) in [7, 11) is 0. The van der Waals surface area contributed by atoms with Gasteiger partial charge >= 0.3 is 11.9 Å². The number of esters is 2. The summed E-state index contributed by atoms with van der Waals surface area (Å²) in [5.74, 6) is -2.55. The number of cyclic esters (lactones) is 2. The van der Waals surface area contributed by atoms with Crippen LogP contribution in [-0.4, -0.2) is 85.1 Å². The van der Waals surface area contributed by atoms with Crippen molar-refractivity contribution in [3.05, 3.63) is 11.8 Å². The highest BCUT2D eigenvalue weighted by atomic mass is 16.7. The number of nitrogens with one attached hydrogen (secondary N) is 1. The molecule has 2 N–H and O–H groups in total. The maximum atomic E-state index is 11.7. The van der Waals surface area contributed by atoms with Crippen molar-refractivity contribution in [2.45, 2.75) is 19.6 Å². The number of hydrogen-bond acceptors (Lipinski definition) is 8. The van der Waals surface area contributed by atoms with Gasteiger partial charge in [0.1, 0.15) is 0 Å². The molecule has 2 fully saturated rings. The predicted molar refractivity (Wildman–Crippen MR) is 82.3 cm³/mol. The third-order valence-corrected chi connectivity index (χ3v) is 3.82. The SMILES string of the molecule is CC1(C)OC(=O)C(=CNCCN2CCN(CCO)CC2)C(=O)O1. The van der Waals surface area contributed by atoms with Crippen LogP contribution in [0, 0.1) is 0 Å². The van der Waals surface area contributed by atoms with E-state index in [0.717, 1.165) is 39.3 Å². The van der Waals surface area contributed by atoms with Gasteiger partial charge in [-0.2, -0.15) is 0 Å². The lowest BCUT2D eigenvalue weighted by molar-refractivity contribution is -0.222. The molecule has 0 aliphatic carbocycles. The molecule has 0 radical (unpaired) electrons. The zero-order valence-corrected chi connectivity index (χ0v) is 13.7. The van der Waals surface area contributed by atoms with Crippen LogP contribution in [0.25, 0.3) is 0 Å². The lowest BCUT2D eigenvalue weighted by atomic mass is 10.2. The molecule has 130 valence electrons. The molecule has 0 saturated carbocycles.